The van der Waals surface area contributed by atoms with Crippen molar-refractivity contribution in [2.75, 3.05) is 6.61 Å². The fourth-order valence-electron chi connectivity index (χ4n) is 1.21. The maximum absolute atomic E-state index is 11.4. The molecule has 1 heterocycles. The van der Waals surface area contributed by atoms with Gasteiger partial charge < -0.3 is 9.84 Å². The lowest BCUT2D eigenvalue weighted by atomic mass is 10.3. The van der Waals surface area contributed by atoms with Crippen LogP contribution < -0.4 is 0 Å². The van der Waals surface area contributed by atoms with Gasteiger partial charge in [-0.3, -0.25) is 0 Å². The number of thiazole rings is 1. The molecule has 0 aliphatic heterocycles. The first-order valence-electron chi connectivity index (χ1n) is 4.48. The Bertz CT molecular complexity index is 506. The fourth-order valence-corrected chi connectivity index (χ4v) is 2.09. The average Bonchev–Trinajstić information content (AvgIpc) is 2.63. The van der Waals surface area contributed by atoms with Gasteiger partial charge in [-0.15, -0.1) is 11.3 Å². The summed E-state index contributed by atoms with van der Waals surface area (Å²) in [6, 6.07) is 5.00. The average molecular weight is 223 g/mol. The number of hydrogen-bond donors (Lipinski definition) is 1. The standard InChI is InChI=1S/C10H9NO3S/c1-2-14-10(13)9-11-6-4-3-5-7(12)8(6)15-9/h3-5,12H,2H2,1H3. The van der Waals surface area contributed by atoms with Crippen LogP contribution in [0.4, 0.5) is 0 Å². The monoisotopic (exact) mass is 223 g/mol. The highest BCUT2D eigenvalue weighted by Crippen LogP contribution is 2.30. The van der Waals surface area contributed by atoms with E-state index < -0.39 is 5.97 Å². The zero-order chi connectivity index (χ0) is 10.8. The third-order valence-corrected chi connectivity index (χ3v) is 2.92. The van der Waals surface area contributed by atoms with Crippen LogP contribution in [0.25, 0.3) is 10.2 Å². The van der Waals surface area contributed by atoms with Crippen LogP contribution >= 0.6 is 11.3 Å². The number of ether oxygens (including phenoxy) is 1. The second kappa shape index (κ2) is 3.86. The van der Waals surface area contributed by atoms with Crippen molar-refractivity contribution in [2.45, 2.75) is 6.92 Å². The second-order valence-corrected chi connectivity index (χ2v) is 3.86. The molecule has 0 aliphatic carbocycles. The Balaban J connectivity index is 2.47. The molecule has 0 radical (unpaired) electrons. The van der Waals surface area contributed by atoms with Crippen LogP contribution in [-0.4, -0.2) is 22.7 Å². The zero-order valence-corrected chi connectivity index (χ0v) is 8.87. The summed E-state index contributed by atoms with van der Waals surface area (Å²) in [5.41, 5.74) is 0.614. The molecule has 1 aromatic heterocycles. The van der Waals surface area contributed by atoms with Crippen LogP contribution in [0.1, 0.15) is 16.7 Å². The molecule has 0 fully saturated rings. The summed E-state index contributed by atoms with van der Waals surface area (Å²) < 4.78 is 5.44. The quantitative estimate of drug-likeness (QED) is 0.793. The molecule has 0 saturated heterocycles. The largest absolute Gasteiger partial charge is 0.506 e. The predicted octanol–water partition coefficient (Wildman–Crippen LogP) is 2.18. The molecule has 1 N–H and O–H groups in total. The smallest absolute Gasteiger partial charge is 0.367 e. The Morgan fingerprint density at radius 1 is 1.60 bits per heavy atom. The molecule has 2 aromatic rings. The minimum absolute atomic E-state index is 0.139. The second-order valence-electron chi connectivity index (χ2n) is 2.86. The molecule has 0 atom stereocenters. The van der Waals surface area contributed by atoms with Crippen molar-refractivity contribution >= 4 is 27.5 Å². The number of fused-ring (bicyclic) bond motifs is 1. The van der Waals surface area contributed by atoms with Gasteiger partial charge in [-0.05, 0) is 19.1 Å². The third-order valence-electron chi connectivity index (χ3n) is 1.84. The Kier molecular flexibility index (Phi) is 2.55. The summed E-state index contributed by atoms with van der Waals surface area (Å²) in [6.07, 6.45) is 0. The van der Waals surface area contributed by atoms with E-state index in [2.05, 4.69) is 4.98 Å². The van der Waals surface area contributed by atoms with E-state index in [1.807, 2.05) is 0 Å². The lowest BCUT2D eigenvalue weighted by molar-refractivity contribution is 0.0526. The van der Waals surface area contributed by atoms with E-state index in [9.17, 15) is 9.90 Å². The fraction of sp³-hybridized carbons (Fsp3) is 0.200. The molecular formula is C10H9NO3S. The number of esters is 1. The number of carbonyl (C=O) groups is 1. The number of aromatic nitrogens is 1. The Morgan fingerprint density at radius 2 is 2.40 bits per heavy atom. The Labute approximate surface area is 90.1 Å². The highest BCUT2D eigenvalue weighted by molar-refractivity contribution is 7.20. The van der Waals surface area contributed by atoms with Crippen molar-refractivity contribution in [3.8, 4) is 5.75 Å². The maximum Gasteiger partial charge on any atom is 0.367 e. The van der Waals surface area contributed by atoms with Gasteiger partial charge in [0.1, 0.15) is 5.75 Å². The van der Waals surface area contributed by atoms with Crippen molar-refractivity contribution in [1.29, 1.82) is 0 Å². The number of rotatable bonds is 2. The molecule has 5 heteroatoms. The topological polar surface area (TPSA) is 59.4 Å². The molecule has 2 rings (SSSR count). The molecular weight excluding hydrogens is 214 g/mol. The minimum Gasteiger partial charge on any atom is -0.506 e. The van der Waals surface area contributed by atoms with Gasteiger partial charge in [0.2, 0.25) is 5.01 Å². The van der Waals surface area contributed by atoms with Crippen molar-refractivity contribution in [3.63, 3.8) is 0 Å². The van der Waals surface area contributed by atoms with Gasteiger partial charge in [-0.1, -0.05) is 6.07 Å². The van der Waals surface area contributed by atoms with Crippen molar-refractivity contribution < 1.29 is 14.6 Å². The van der Waals surface area contributed by atoms with Crippen LogP contribution in [0.3, 0.4) is 0 Å². The Hall–Kier alpha value is -1.62. The van der Waals surface area contributed by atoms with Gasteiger partial charge in [0.25, 0.3) is 0 Å². The zero-order valence-electron chi connectivity index (χ0n) is 8.06. The molecule has 4 nitrogen and oxygen atoms in total. The predicted molar refractivity (Wildman–Crippen MR) is 57.2 cm³/mol. The molecule has 0 aliphatic rings. The molecule has 0 bridgehead atoms. The van der Waals surface area contributed by atoms with Crippen LogP contribution in [-0.2, 0) is 4.74 Å². The minimum atomic E-state index is -0.446. The van der Waals surface area contributed by atoms with Crippen LogP contribution in [0.15, 0.2) is 18.2 Å². The van der Waals surface area contributed by atoms with E-state index in [1.165, 1.54) is 0 Å². The van der Waals surface area contributed by atoms with Crippen LogP contribution in [0.2, 0.25) is 0 Å². The van der Waals surface area contributed by atoms with Gasteiger partial charge in [0.15, 0.2) is 0 Å². The van der Waals surface area contributed by atoms with Gasteiger partial charge in [-0.25, -0.2) is 9.78 Å². The van der Waals surface area contributed by atoms with E-state index in [0.29, 0.717) is 16.8 Å². The van der Waals surface area contributed by atoms with Crippen LogP contribution in [0.5, 0.6) is 5.75 Å². The summed E-state index contributed by atoms with van der Waals surface area (Å²) in [5, 5.41) is 9.79. The van der Waals surface area contributed by atoms with E-state index >= 15 is 0 Å². The number of phenols is 1. The lowest BCUT2D eigenvalue weighted by Gasteiger charge is -1.94. The number of carbonyl (C=O) groups excluding carboxylic acids is 1. The van der Waals surface area contributed by atoms with Gasteiger partial charge in [0, 0.05) is 0 Å². The number of aromatic hydroxyl groups is 1. The number of hydrogen-bond acceptors (Lipinski definition) is 5. The SMILES string of the molecule is CCOC(=O)c1nc2cccc(O)c2s1. The van der Waals surface area contributed by atoms with Gasteiger partial charge in [0.05, 0.1) is 16.8 Å². The van der Waals surface area contributed by atoms with E-state index in [1.54, 1.807) is 25.1 Å². The molecule has 0 spiro atoms. The van der Waals surface area contributed by atoms with E-state index in [4.69, 9.17) is 4.74 Å². The summed E-state index contributed by atoms with van der Waals surface area (Å²) in [7, 11) is 0. The highest BCUT2D eigenvalue weighted by atomic mass is 32.1. The summed E-state index contributed by atoms with van der Waals surface area (Å²) in [5.74, 6) is -0.307. The van der Waals surface area contributed by atoms with Gasteiger partial charge >= 0.3 is 5.97 Å². The molecule has 0 unspecified atom stereocenters. The lowest BCUT2D eigenvalue weighted by Crippen LogP contribution is -2.03. The molecule has 78 valence electrons. The molecule has 0 saturated carbocycles. The van der Waals surface area contributed by atoms with Gasteiger partial charge in [-0.2, -0.15) is 0 Å². The molecule has 15 heavy (non-hydrogen) atoms. The van der Waals surface area contributed by atoms with Crippen molar-refractivity contribution in [2.24, 2.45) is 0 Å². The maximum atomic E-state index is 11.4. The van der Waals surface area contributed by atoms with E-state index in [-0.39, 0.29) is 10.8 Å². The van der Waals surface area contributed by atoms with E-state index in [0.717, 1.165) is 11.3 Å². The molecule has 0 amide bonds. The summed E-state index contributed by atoms with van der Waals surface area (Å²) in [6.45, 7) is 2.06. The number of phenolic OH excluding ortho intramolecular Hbond substituents is 1. The Morgan fingerprint density at radius 3 is 3.07 bits per heavy atom. The number of nitrogens with zero attached hydrogens (tertiary/aromatic N) is 1. The van der Waals surface area contributed by atoms with Crippen molar-refractivity contribution in [1.82, 2.24) is 4.98 Å². The first kappa shape index (κ1) is 9.92. The van der Waals surface area contributed by atoms with Crippen molar-refractivity contribution in [3.05, 3.63) is 23.2 Å². The third kappa shape index (κ3) is 1.78. The first-order chi connectivity index (χ1) is 7.22. The number of benzene rings is 1. The normalized spacial score (nSPS) is 10.5. The first-order valence-corrected chi connectivity index (χ1v) is 5.29. The highest BCUT2D eigenvalue weighted by Gasteiger charge is 2.14. The summed E-state index contributed by atoms with van der Waals surface area (Å²) >= 11 is 1.14. The summed E-state index contributed by atoms with van der Waals surface area (Å²) in [4.78, 5) is 15.4. The van der Waals surface area contributed by atoms with Crippen LogP contribution in [0, 0.1) is 0 Å². The molecule has 1 aromatic carbocycles.